The molecule has 2 atom stereocenters. The Labute approximate surface area is 131 Å². The van der Waals surface area contributed by atoms with Crippen LogP contribution in [0.5, 0.6) is 0 Å². The molecule has 0 amide bonds. The van der Waals surface area contributed by atoms with Gasteiger partial charge in [0.05, 0.1) is 5.41 Å². The van der Waals surface area contributed by atoms with Gasteiger partial charge < -0.3 is 9.47 Å². The Morgan fingerprint density at radius 2 is 2.09 bits per heavy atom. The van der Waals surface area contributed by atoms with Crippen molar-refractivity contribution in [2.24, 2.45) is 5.41 Å². The molecule has 120 valence electrons. The van der Waals surface area contributed by atoms with Crippen LogP contribution < -0.4 is 11.2 Å². The van der Waals surface area contributed by atoms with E-state index < -0.39 is 29.0 Å². The van der Waals surface area contributed by atoms with Crippen molar-refractivity contribution in [2.75, 3.05) is 6.61 Å². The van der Waals surface area contributed by atoms with Gasteiger partial charge >= 0.3 is 11.7 Å². The Hall–Kier alpha value is -1.86. The van der Waals surface area contributed by atoms with Crippen molar-refractivity contribution in [2.45, 2.75) is 33.1 Å². The van der Waals surface area contributed by atoms with E-state index in [1.807, 2.05) is 0 Å². The zero-order valence-electron chi connectivity index (χ0n) is 12.5. The summed E-state index contributed by atoms with van der Waals surface area (Å²) < 4.78 is 11.9. The molecule has 22 heavy (non-hydrogen) atoms. The summed E-state index contributed by atoms with van der Waals surface area (Å²) in [7, 11) is 0. The SMILES string of the molecule is CC(C)(C)C(=O)OC[C@@H]1C=C[C@H](n2cc(Cl)c(=O)[nH]c2=O)O1. The summed E-state index contributed by atoms with van der Waals surface area (Å²) in [5, 5.41) is -0.112. The van der Waals surface area contributed by atoms with E-state index in [-0.39, 0.29) is 17.6 Å². The monoisotopic (exact) mass is 328 g/mol. The molecular weight excluding hydrogens is 312 g/mol. The number of rotatable bonds is 3. The van der Waals surface area contributed by atoms with E-state index in [1.165, 1.54) is 6.20 Å². The van der Waals surface area contributed by atoms with E-state index in [1.54, 1.807) is 32.9 Å². The molecule has 0 aliphatic carbocycles. The highest BCUT2D eigenvalue weighted by Crippen LogP contribution is 2.21. The maximum absolute atomic E-state index is 11.7. The van der Waals surface area contributed by atoms with Crippen LogP contribution in [-0.4, -0.2) is 28.2 Å². The van der Waals surface area contributed by atoms with Crippen LogP contribution in [0.3, 0.4) is 0 Å². The summed E-state index contributed by atoms with van der Waals surface area (Å²) in [5.41, 5.74) is -1.87. The first-order valence-corrected chi connectivity index (χ1v) is 7.08. The first kappa shape index (κ1) is 16.5. The number of H-pyrrole nitrogens is 1. The Bertz CT molecular complexity index is 713. The topological polar surface area (TPSA) is 90.4 Å². The number of ether oxygens (including phenoxy) is 2. The molecule has 0 unspecified atom stereocenters. The van der Waals surface area contributed by atoms with Crippen molar-refractivity contribution in [3.05, 3.63) is 44.2 Å². The second kappa shape index (κ2) is 6.10. The fraction of sp³-hybridized carbons (Fsp3) is 0.500. The smallest absolute Gasteiger partial charge is 0.330 e. The molecule has 0 bridgehead atoms. The average molecular weight is 329 g/mol. The Morgan fingerprint density at radius 3 is 2.73 bits per heavy atom. The molecule has 0 saturated heterocycles. The van der Waals surface area contributed by atoms with Gasteiger partial charge in [0.15, 0.2) is 6.23 Å². The number of hydrogen-bond acceptors (Lipinski definition) is 5. The van der Waals surface area contributed by atoms with Gasteiger partial charge in [-0.05, 0) is 26.8 Å². The molecule has 1 N–H and O–H groups in total. The Kier molecular flexibility index (Phi) is 4.58. The predicted octanol–water partition coefficient (Wildman–Crippen LogP) is 1.23. The minimum atomic E-state index is -0.708. The van der Waals surface area contributed by atoms with Gasteiger partial charge in [0, 0.05) is 6.20 Å². The van der Waals surface area contributed by atoms with Gasteiger partial charge in [-0.3, -0.25) is 19.1 Å². The first-order chi connectivity index (χ1) is 10.2. The number of carbonyl (C=O) groups excluding carboxylic acids is 1. The molecule has 1 aliphatic heterocycles. The van der Waals surface area contributed by atoms with E-state index in [2.05, 4.69) is 4.98 Å². The lowest BCUT2D eigenvalue weighted by atomic mass is 9.97. The second-order valence-corrected chi connectivity index (χ2v) is 6.35. The summed E-state index contributed by atoms with van der Waals surface area (Å²) >= 11 is 5.70. The van der Waals surface area contributed by atoms with E-state index >= 15 is 0 Å². The zero-order chi connectivity index (χ0) is 16.5. The number of aromatic amines is 1. The van der Waals surface area contributed by atoms with E-state index in [0.717, 1.165) is 4.57 Å². The average Bonchev–Trinajstić information content (AvgIpc) is 2.87. The molecule has 1 aromatic heterocycles. The number of aromatic nitrogens is 2. The van der Waals surface area contributed by atoms with Gasteiger partial charge in [-0.1, -0.05) is 17.7 Å². The van der Waals surface area contributed by atoms with Crippen molar-refractivity contribution in [1.82, 2.24) is 9.55 Å². The van der Waals surface area contributed by atoms with Gasteiger partial charge in [-0.15, -0.1) is 0 Å². The Balaban J connectivity index is 2.01. The molecule has 1 aliphatic rings. The zero-order valence-corrected chi connectivity index (χ0v) is 13.2. The lowest BCUT2D eigenvalue weighted by Crippen LogP contribution is -2.33. The first-order valence-electron chi connectivity index (χ1n) is 6.70. The quantitative estimate of drug-likeness (QED) is 0.666. The number of nitrogens with zero attached hydrogens (tertiary/aromatic N) is 1. The number of halogens is 1. The van der Waals surface area contributed by atoms with Crippen molar-refractivity contribution in [3.63, 3.8) is 0 Å². The van der Waals surface area contributed by atoms with E-state index in [9.17, 15) is 14.4 Å². The fourth-order valence-electron chi connectivity index (χ4n) is 1.77. The van der Waals surface area contributed by atoms with E-state index in [0.29, 0.717) is 0 Å². The number of nitrogens with one attached hydrogen (secondary N) is 1. The molecule has 8 heteroatoms. The molecule has 0 aromatic carbocycles. The van der Waals surface area contributed by atoms with Crippen molar-refractivity contribution < 1.29 is 14.3 Å². The molecule has 0 saturated carbocycles. The highest BCUT2D eigenvalue weighted by atomic mass is 35.5. The number of esters is 1. The van der Waals surface area contributed by atoms with Crippen LogP contribution in [0.25, 0.3) is 0 Å². The summed E-state index contributed by atoms with van der Waals surface area (Å²) in [6.07, 6.45) is 3.35. The second-order valence-electron chi connectivity index (χ2n) is 5.94. The summed E-state index contributed by atoms with van der Waals surface area (Å²) in [4.78, 5) is 36.7. The molecule has 2 heterocycles. The van der Waals surface area contributed by atoms with Gasteiger partial charge in [-0.2, -0.15) is 0 Å². The number of carbonyl (C=O) groups is 1. The maximum atomic E-state index is 11.7. The normalized spacial score (nSPS) is 21.1. The maximum Gasteiger partial charge on any atom is 0.330 e. The summed E-state index contributed by atoms with van der Waals surface area (Å²) in [6.45, 7) is 5.32. The summed E-state index contributed by atoms with van der Waals surface area (Å²) in [5.74, 6) is -0.336. The van der Waals surface area contributed by atoms with Gasteiger partial charge in [0.25, 0.3) is 5.56 Å². The molecule has 0 fully saturated rings. The molecule has 1 aromatic rings. The minimum Gasteiger partial charge on any atom is -0.462 e. The van der Waals surface area contributed by atoms with Crippen molar-refractivity contribution in [3.8, 4) is 0 Å². The molecular formula is C14H17ClN2O5. The predicted molar refractivity (Wildman–Crippen MR) is 79.8 cm³/mol. The van der Waals surface area contributed by atoms with Crippen LogP contribution >= 0.6 is 11.6 Å². The Morgan fingerprint density at radius 1 is 1.41 bits per heavy atom. The third-order valence-electron chi connectivity index (χ3n) is 2.99. The standard InChI is InChI=1S/C14H17ClN2O5/c1-14(2,3)12(19)21-7-8-4-5-10(22-8)17-6-9(15)11(18)16-13(17)20/h4-6,8,10H,7H2,1-3H3,(H,16,18,20)/t8-,10+/m0/s1. The van der Waals surface area contributed by atoms with Crippen LogP contribution in [-0.2, 0) is 14.3 Å². The lowest BCUT2D eigenvalue weighted by molar-refractivity contribution is -0.156. The van der Waals surface area contributed by atoms with Crippen LogP contribution in [0.2, 0.25) is 5.02 Å². The van der Waals surface area contributed by atoms with E-state index in [4.69, 9.17) is 21.1 Å². The number of hydrogen-bond donors (Lipinski definition) is 1. The van der Waals surface area contributed by atoms with Crippen LogP contribution in [0.4, 0.5) is 0 Å². The van der Waals surface area contributed by atoms with Gasteiger partial charge in [0.2, 0.25) is 0 Å². The molecule has 2 rings (SSSR count). The third-order valence-corrected chi connectivity index (χ3v) is 3.26. The largest absolute Gasteiger partial charge is 0.462 e. The van der Waals surface area contributed by atoms with Crippen LogP contribution in [0, 0.1) is 5.41 Å². The molecule has 0 radical (unpaired) electrons. The van der Waals surface area contributed by atoms with Gasteiger partial charge in [0.1, 0.15) is 17.7 Å². The molecule has 7 nitrogen and oxygen atoms in total. The highest BCUT2D eigenvalue weighted by molar-refractivity contribution is 6.30. The third kappa shape index (κ3) is 3.66. The summed E-state index contributed by atoms with van der Waals surface area (Å²) in [6, 6.07) is 0. The lowest BCUT2D eigenvalue weighted by Gasteiger charge is -2.19. The highest BCUT2D eigenvalue weighted by Gasteiger charge is 2.27. The van der Waals surface area contributed by atoms with Gasteiger partial charge in [-0.25, -0.2) is 4.79 Å². The van der Waals surface area contributed by atoms with Crippen LogP contribution in [0.1, 0.15) is 27.0 Å². The minimum absolute atomic E-state index is 0.0505. The fourth-order valence-corrected chi connectivity index (χ4v) is 1.92. The molecule has 0 spiro atoms. The van der Waals surface area contributed by atoms with Crippen molar-refractivity contribution in [1.29, 1.82) is 0 Å². The van der Waals surface area contributed by atoms with Crippen LogP contribution in [0.15, 0.2) is 27.9 Å². The van der Waals surface area contributed by atoms with Crippen molar-refractivity contribution >= 4 is 17.6 Å².